The van der Waals surface area contributed by atoms with Gasteiger partial charge in [0, 0.05) is 17.6 Å². The number of halogens is 1. The van der Waals surface area contributed by atoms with Crippen LogP contribution in [0.5, 0.6) is 0 Å². The predicted molar refractivity (Wildman–Crippen MR) is 111 cm³/mol. The Bertz CT molecular complexity index is 930. The van der Waals surface area contributed by atoms with E-state index in [-0.39, 0.29) is 24.1 Å². The largest absolute Gasteiger partial charge is 0.325 e. The molecule has 3 rings (SSSR count). The fraction of sp³-hybridized carbons (Fsp3) is 0.350. The second kappa shape index (κ2) is 8.54. The maximum Gasteiger partial charge on any atom is 0.228 e. The third-order valence-electron chi connectivity index (χ3n) is 4.88. The van der Waals surface area contributed by atoms with E-state index in [0.29, 0.717) is 25.1 Å². The number of nitrogens with zero attached hydrogens (tertiary/aromatic N) is 1. The molecule has 5 nitrogen and oxygen atoms in total. The van der Waals surface area contributed by atoms with Gasteiger partial charge in [0.15, 0.2) is 0 Å². The highest BCUT2D eigenvalue weighted by molar-refractivity contribution is 9.10. The standard InChI is InChI=1S/C20H23BrN2O3S/c1-15-7-2-3-8-17(15)14-27(25,26)23-12-6-9-16(13-23)20(24)22-19-11-5-4-10-18(19)21/h2-5,7-8,10-11,16H,6,9,12-14H2,1H3,(H,22,24)/t16-/m0/s1. The van der Waals surface area contributed by atoms with E-state index in [1.807, 2.05) is 55.5 Å². The molecule has 27 heavy (non-hydrogen) atoms. The molecule has 1 aliphatic rings. The van der Waals surface area contributed by atoms with Crippen LogP contribution in [0.15, 0.2) is 53.0 Å². The van der Waals surface area contributed by atoms with E-state index in [2.05, 4.69) is 21.2 Å². The monoisotopic (exact) mass is 450 g/mol. The van der Waals surface area contributed by atoms with E-state index >= 15 is 0 Å². The summed E-state index contributed by atoms with van der Waals surface area (Å²) in [5.41, 5.74) is 2.46. The highest BCUT2D eigenvalue weighted by Crippen LogP contribution is 2.26. The minimum Gasteiger partial charge on any atom is -0.325 e. The Hall–Kier alpha value is -1.70. The third-order valence-corrected chi connectivity index (χ3v) is 7.36. The lowest BCUT2D eigenvalue weighted by Gasteiger charge is -2.31. The number of nitrogens with one attached hydrogen (secondary N) is 1. The second-order valence-electron chi connectivity index (χ2n) is 6.85. The van der Waals surface area contributed by atoms with Crippen molar-refractivity contribution in [2.24, 2.45) is 5.92 Å². The van der Waals surface area contributed by atoms with Crippen molar-refractivity contribution in [3.63, 3.8) is 0 Å². The zero-order valence-electron chi connectivity index (χ0n) is 15.2. The summed E-state index contributed by atoms with van der Waals surface area (Å²) in [7, 11) is -3.46. The number of benzene rings is 2. The lowest BCUT2D eigenvalue weighted by Crippen LogP contribution is -2.44. The summed E-state index contributed by atoms with van der Waals surface area (Å²) in [6, 6.07) is 14.9. The van der Waals surface area contributed by atoms with E-state index in [0.717, 1.165) is 15.6 Å². The fourth-order valence-electron chi connectivity index (χ4n) is 3.27. The molecule has 0 aromatic heterocycles. The van der Waals surface area contributed by atoms with E-state index in [9.17, 15) is 13.2 Å². The lowest BCUT2D eigenvalue weighted by atomic mass is 9.99. The number of anilines is 1. The Morgan fingerprint density at radius 2 is 1.89 bits per heavy atom. The Morgan fingerprint density at radius 1 is 1.19 bits per heavy atom. The fourth-order valence-corrected chi connectivity index (χ4v) is 5.36. The summed E-state index contributed by atoms with van der Waals surface area (Å²) in [6.07, 6.45) is 1.37. The molecule has 144 valence electrons. The minimum absolute atomic E-state index is 0.0295. The molecule has 0 bridgehead atoms. The zero-order valence-corrected chi connectivity index (χ0v) is 17.6. The third kappa shape index (κ3) is 4.97. The Balaban J connectivity index is 1.69. The molecule has 2 aromatic rings. The summed E-state index contributed by atoms with van der Waals surface area (Å²) in [4.78, 5) is 12.7. The SMILES string of the molecule is Cc1ccccc1CS(=O)(=O)N1CCC[C@H](C(=O)Nc2ccccc2Br)C1. The van der Waals surface area contributed by atoms with E-state index < -0.39 is 10.0 Å². The maximum atomic E-state index is 12.9. The van der Waals surface area contributed by atoms with Crippen molar-refractivity contribution in [3.8, 4) is 0 Å². The summed E-state index contributed by atoms with van der Waals surface area (Å²) >= 11 is 3.42. The van der Waals surface area contributed by atoms with Gasteiger partial charge in [-0.1, -0.05) is 36.4 Å². The topological polar surface area (TPSA) is 66.5 Å². The van der Waals surface area contributed by atoms with Crippen LogP contribution < -0.4 is 5.32 Å². The zero-order chi connectivity index (χ0) is 19.4. The van der Waals surface area contributed by atoms with Gasteiger partial charge in [0.1, 0.15) is 0 Å². The Morgan fingerprint density at radius 3 is 2.63 bits per heavy atom. The molecule has 2 aromatic carbocycles. The molecule has 0 unspecified atom stereocenters. The first-order valence-electron chi connectivity index (χ1n) is 8.94. The number of rotatable bonds is 5. The molecule has 1 amide bonds. The molecule has 0 radical (unpaired) electrons. The maximum absolute atomic E-state index is 12.9. The summed E-state index contributed by atoms with van der Waals surface area (Å²) in [5.74, 6) is -0.520. The van der Waals surface area contributed by atoms with Crippen molar-refractivity contribution < 1.29 is 13.2 Å². The van der Waals surface area contributed by atoms with Crippen molar-refractivity contribution in [2.45, 2.75) is 25.5 Å². The second-order valence-corrected chi connectivity index (χ2v) is 9.67. The van der Waals surface area contributed by atoms with Gasteiger partial charge < -0.3 is 5.32 Å². The predicted octanol–water partition coefficient (Wildman–Crippen LogP) is 3.94. The molecule has 7 heteroatoms. The molecular weight excluding hydrogens is 428 g/mol. The van der Waals surface area contributed by atoms with Gasteiger partial charge in [-0.2, -0.15) is 0 Å². The van der Waals surface area contributed by atoms with Gasteiger partial charge in [0.25, 0.3) is 0 Å². The van der Waals surface area contributed by atoms with Crippen molar-refractivity contribution >= 4 is 37.5 Å². The molecule has 1 saturated heterocycles. The van der Waals surface area contributed by atoms with Gasteiger partial charge in [-0.25, -0.2) is 12.7 Å². The van der Waals surface area contributed by atoms with Crippen LogP contribution in [0.1, 0.15) is 24.0 Å². The molecule has 0 spiro atoms. The van der Waals surface area contributed by atoms with Crippen LogP contribution in [0.4, 0.5) is 5.69 Å². The highest BCUT2D eigenvalue weighted by atomic mass is 79.9. The number of sulfonamides is 1. The van der Waals surface area contributed by atoms with Gasteiger partial charge in [0.2, 0.25) is 15.9 Å². The molecular formula is C20H23BrN2O3S. The number of aryl methyl sites for hydroxylation is 1. The molecule has 0 saturated carbocycles. The lowest BCUT2D eigenvalue weighted by molar-refractivity contribution is -0.120. The molecule has 1 fully saturated rings. The normalized spacial score (nSPS) is 18.2. The van der Waals surface area contributed by atoms with Crippen LogP contribution in [0.3, 0.4) is 0 Å². The van der Waals surface area contributed by atoms with Crippen LogP contribution in [-0.2, 0) is 20.6 Å². The van der Waals surface area contributed by atoms with Gasteiger partial charge in [-0.05, 0) is 59.0 Å². The van der Waals surface area contributed by atoms with E-state index in [1.165, 1.54) is 4.31 Å². The van der Waals surface area contributed by atoms with Crippen LogP contribution in [-0.4, -0.2) is 31.7 Å². The number of carbonyl (C=O) groups excluding carboxylic acids is 1. The summed E-state index contributed by atoms with van der Waals surface area (Å²) in [5, 5.41) is 2.90. The molecule has 1 N–H and O–H groups in total. The molecule has 1 heterocycles. The molecule has 1 aliphatic heterocycles. The van der Waals surface area contributed by atoms with Crippen molar-refractivity contribution in [3.05, 3.63) is 64.1 Å². The number of amides is 1. The van der Waals surface area contributed by atoms with Gasteiger partial charge in [0.05, 0.1) is 17.4 Å². The average molecular weight is 451 g/mol. The first-order chi connectivity index (χ1) is 12.9. The van der Waals surface area contributed by atoms with Gasteiger partial charge >= 0.3 is 0 Å². The van der Waals surface area contributed by atoms with Crippen molar-refractivity contribution in [1.82, 2.24) is 4.31 Å². The number of para-hydroxylation sites is 1. The first-order valence-corrected chi connectivity index (χ1v) is 11.3. The van der Waals surface area contributed by atoms with Crippen LogP contribution in [0, 0.1) is 12.8 Å². The molecule has 0 aliphatic carbocycles. The van der Waals surface area contributed by atoms with E-state index in [4.69, 9.17) is 0 Å². The molecule has 1 atom stereocenters. The Labute approximate surface area is 169 Å². The average Bonchev–Trinajstić information content (AvgIpc) is 2.65. The Kier molecular flexibility index (Phi) is 6.34. The van der Waals surface area contributed by atoms with Crippen LogP contribution >= 0.6 is 15.9 Å². The first kappa shape index (κ1) is 20.0. The quantitative estimate of drug-likeness (QED) is 0.749. The van der Waals surface area contributed by atoms with Crippen LogP contribution in [0.25, 0.3) is 0 Å². The number of piperidine rings is 1. The number of carbonyl (C=O) groups is 1. The minimum atomic E-state index is -3.46. The summed E-state index contributed by atoms with van der Waals surface area (Å²) < 4.78 is 28.0. The summed E-state index contributed by atoms with van der Waals surface area (Å²) in [6.45, 7) is 2.60. The van der Waals surface area contributed by atoms with Gasteiger partial charge in [-0.15, -0.1) is 0 Å². The van der Waals surface area contributed by atoms with E-state index in [1.54, 1.807) is 0 Å². The van der Waals surface area contributed by atoms with Crippen molar-refractivity contribution in [1.29, 1.82) is 0 Å². The van der Waals surface area contributed by atoms with Crippen molar-refractivity contribution in [2.75, 3.05) is 18.4 Å². The number of hydrogen-bond donors (Lipinski definition) is 1. The highest BCUT2D eigenvalue weighted by Gasteiger charge is 2.32. The smallest absolute Gasteiger partial charge is 0.228 e. The van der Waals surface area contributed by atoms with Gasteiger partial charge in [-0.3, -0.25) is 4.79 Å². The van der Waals surface area contributed by atoms with Crippen LogP contribution in [0.2, 0.25) is 0 Å². The number of hydrogen-bond acceptors (Lipinski definition) is 3.